The zero-order chi connectivity index (χ0) is 9.03. The first-order valence-electron chi connectivity index (χ1n) is 5.21. The van der Waals surface area contributed by atoms with E-state index in [2.05, 4.69) is 18.7 Å². The Balaban J connectivity index is 2.16. The van der Waals surface area contributed by atoms with E-state index in [4.69, 9.17) is 5.73 Å². The Morgan fingerprint density at radius 2 is 2.00 bits per heavy atom. The molecule has 1 rings (SSSR count). The van der Waals surface area contributed by atoms with Crippen molar-refractivity contribution in [2.45, 2.75) is 45.1 Å². The standard InChI is InChI=1S/C10H22N2/c1-3-5-8-12(4-2)9-10(11)6-7-10/h3-9,11H2,1-2H3. The van der Waals surface area contributed by atoms with E-state index in [0.717, 1.165) is 13.1 Å². The Morgan fingerprint density at radius 1 is 1.33 bits per heavy atom. The zero-order valence-electron chi connectivity index (χ0n) is 8.47. The lowest BCUT2D eigenvalue weighted by atomic mass is 10.2. The van der Waals surface area contributed by atoms with Gasteiger partial charge in [0, 0.05) is 12.1 Å². The molecular formula is C10H22N2. The van der Waals surface area contributed by atoms with Crippen molar-refractivity contribution in [1.82, 2.24) is 4.90 Å². The van der Waals surface area contributed by atoms with E-state index < -0.39 is 0 Å². The minimum Gasteiger partial charge on any atom is -0.324 e. The number of nitrogens with two attached hydrogens (primary N) is 1. The van der Waals surface area contributed by atoms with Gasteiger partial charge in [0.25, 0.3) is 0 Å². The highest BCUT2D eigenvalue weighted by molar-refractivity contribution is 5.00. The Morgan fingerprint density at radius 3 is 2.42 bits per heavy atom. The lowest BCUT2D eigenvalue weighted by molar-refractivity contribution is 0.259. The van der Waals surface area contributed by atoms with Gasteiger partial charge in [-0.25, -0.2) is 0 Å². The van der Waals surface area contributed by atoms with Gasteiger partial charge in [-0.2, -0.15) is 0 Å². The van der Waals surface area contributed by atoms with Crippen LogP contribution in [-0.2, 0) is 0 Å². The predicted octanol–water partition coefficient (Wildman–Crippen LogP) is 1.60. The van der Waals surface area contributed by atoms with Crippen molar-refractivity contribution in [1.29, 1.82) is 0 Å². The molecule has 0 unspecified atom stereocenters. The monoisotopic (exact) mass is 170 g/mol. The molecule has 72 valence electrons. The minimum absolute atomic E-state index is 0.198. The lowest BCUT2D eigenvalue weighted by Gasteiger charge is -2.23. The Bertz CT molecular complexity index is 130. The number of unbranched alkanes of at least 4 members (excludes halogenated alkanes) is 1. The van der Waals surface area contributed by atoms with Crippen LogP contribution in [0.4, 0.5) is 0 Å². The number of hydrogen-bond donors (Lipinski definition) is 1. The molecule has 1 aliphatic carbocycles. The molecule has 12 heavy (non-hydrogen) atoms. The maximum Gasteiger partial charge on any atom is 0.0284 e. The largest absolute Gasteiger partial charge is 0.324 e. The first kappa shape index (κ1) is 10.0. The minimum atomic E-state index is 0.198. The summed E-state index contributed by atoms with van der Waals surface area (Å²) in [6, 6.07) is 0. The molecule has 0 atom stereocenters. The summed E-state index contributed by atoms with van der Waals surface area (Å²) in [7, 11) is 0. The van der Waals surface area contributed by atoms with Crippen molar-refractivity contribution in [3.63, 3.8) is 0 Å². The van der Waals surface area contributed by atoms with Gasteiger partial charge in [-0.1, -0.05) is 20.3 Å². The molecule has 2 nitrogen and oxygen atoms in total. The molecule has 0 saturated heterocycles. The first-order valence-corrected chi connectivity index (χ1v) is 5.21. The molecule has 1 aliphatic rings. The number of likely N-dealkylation sites (N-methyl/N-ethyl adjacent to an activating group) is 1. The van der Waals surface area contributed by atoms with Crippen LogP contribution in [0.5, 0.6) is 0 Å². The topological polar surface area (TPSA) is 29.3 Å². The molecule has 0 aliphatic heterocycles. The average Bonchev–Trinajstić information content (AvgIpc) is 2.77. The van der Waals surface area contributed by atoms with Gasteiger partial charge in [-0.15, -0.1) is 0 Å². The van der Waals surface area contributed by atoms with Gasteiger partial charge in [-0.05, 0) is 32.4 Å². The van der Waals surface area contributed by atoms with Crippen LogP contribution in [0, 0.1) is 0 Å². The SMILES string of the molecule is CCCCN(CC)CC1(N)CC1. The third-order valence-corrected chi connectivity index (χ3v) is 2.71. The molecule has 2 heteroatoms. The molecular weight excluding hydrogens is 148 g/mol. The normalized spacial score (nSPS) is 20.0. The molecule has 0 bridgehead atoms. The number of hydrogen-bond acceptors (Lipinski definition) is 2. The van der Waals surface area contributed by atoms with E-state index in [1.807, 2.05) is 0 Å². The second kappa shape index (κ2) is 4.24. The van der Waals surface area contributed by atoms with Crippen LogP contribution in [0.25, 0.3) is 0 Å². The highest BCUT2D eigenvalue weighted by Gasteiger charge is 2.39. The maximum atomic E-state index is 6.05. The van der Waals surface area contributed by atoms with Crippen molar-refractivity contribution in [3.05, 3.63) is 0 Å². The van der Waals surface area contributed by atoms with Crippen molar-refractivity contribution >= 4 is 0 Å². The third kappa shape index (κ3) is 3.11. The summed E-state index contributed by atoms with van der Waals surface area (Å²) >= 11 is 0. The lowest BCUT2D eigenvalue weighted by Crippen LogP contribution is -2.39. The van der Waals surface area contributed by atoms with Crippen LogP contribution < -0.4 is 5.73 Å². The summed E-state index contributed by atoms with van der Waals surface area (Å²) in [5.41, 5.74) is 6.25. The molecule has 2 N–H and O–H groups in total. The molecule has 0 spiro atoms. The van der Waals surface area contributed by atoms with Crippen LogP contribution in [-0.4, -0.2) is 30.1 Å². The fraction of sp³-hybridized carbons (Fsp3) is 1.00. The average molecular weight is 170 g/mol. The van der Waals surface area contributed by atoms with Gasteiger partial charge < -0.3 is 10.6 Å². The van der Waals surface area contributed by atoms with Crippen molar-refractivity contribution in [2.75, 3.05) is 19.6 Å². The quantitative estimate of drug-likeness (QED) is 0.656. The summed E-state index contributed by atoms with van der Waals surface area (Å²) in [6.07, 6.45) is 5.06. The number of rotatable bonds is 6. The van der Waals surface area contributed by atoms with Gasteiger partial charge in [0.15, 0.2) is 0 Å². The van der Waals surface area contributed by atoms with Crippen molar-refractivity contribution < 1.29 is 0 Å². The summed E-state index contributed by atoms with van der Waals surface area (Å²) in [6.45, 7) is 7.96. The van der Waals surface area contributed by atoms with Crippen LogP contribution in [0.15, 0.2) is 0 Å². The molecule has 0 amide bonds. The first-order chi connectivity index (χ1) is 5.70. The Labute approximate surface area is 76.1 Å². The highest BCUT2D eigenvalue weighted by Crippen LogP contribution is 2.32. The predicted molar refractivity (Wildman–Crippen MR) is 53.2 cm³/mol. The van der Waals surface area contributed by atoms with Gasteiger partial charge in [-0.3, -0.25) is 0 Å². The molecule has 0 aromatic heterocycles. The maximum absolute atomic E-state index is 6.05. The molecule has 1 saturated carbocycles. The molecule has 0 aromatic carbocycles. The van der Waals surface area contributed by atoms with Crippen molar-refractivity contribution in [3.8, 4) is 0 Å². The smallest absolute Gasteiger partial charge is 0.0284 e. The van der Waals surface area contributed by atoms with Gasteiger partial charge in [0.05, 0.1) is 0 Å². The molecule has 0 radical (unpaired) electrons. The van der Waals surface area contributed by atoms with Crippen LogP contribution in [0.3, 0.4) is 0 Å². The van der Waals surface area contributed by atoms with E-state index in [9.17, 15) is 0 Å². The third-order valence-electron chi connectivity index (χ3n) is 2.71. The molecule has 0 aromatic rings. The molecule has 0 heterocycles. The second-order valence-electron chi connectivity index (χ2n) is 4.08. The van der Waals surface area contributed by atoms with Gasteiger partial charge >= 0.3 is 0 Å². The van der Waals surface area contributed by atoms with Crippen LogP contribution in [0.1, 0.15) is 39.5 Å². The van der Waals surface area contributed by atoms with Gasteiger partial charge in [0.1, 0.15) is 0 Å². The van der Waals surface area contributed by atoms with E-state index in [0.29, 0.717) is 0 Å². The van der Waals surface area contributed by atoms with E-state index in [1.165, 1.54) is 32.2 Å². The summed E-state index contributed by atoms with van der Waals surface area (Å²) < 4.78 is 0. The highest BCUT2D eigenvalue weighted by atomic mass is 15.1. The fourth-order valence-corrected chi connectivity index (χ4v) is 1.49. The van der Waals surface area contributed by atoms with Gasteiger partial charge in [0.2, 0.25) is 0 Å². The second-order valence-corrected chi connectivity index (χ2v) is 4.08. The Hall–Kier alpha value is -0.0800. The number of nitrogens with zero attached hydrogens (tertiary/aromatic N) is 1. The summed E-state index contributed by atoms with van der Waals surface area (Å²) in [4.78, 5) is 2.48. The fourth-order valence-electron chi connectivity index (χ4n) is 1.49. The van der Waals surface area contributed by atoms with E-state index in [1.54, 1.807) is 0 Å². The van der Waals surface area contributed by atoms with Crippen LogP contribution >= 0.6 is 0 Å². The Kier molecular flexibility index (Phi) is 3.53. The molecule has 1 fully saturated rings. The van der Waals surface area contributed by atoms with E-state index >= 15 is 0 Å². The summed E-state index contributed by atoms with van der Waals surface area (Å²) in [5, 5.41) is 0. The zero-order valence-corrected chi connectivity index (χ0v) is 8.47. The summed E-state index contributed by atoms with van der Waals surface area (Å²) in [5.74, 6) is 0. The van der Waals surface area contributed by atoms with Crippen molar-refractivity contribution in [2.24, 2.45) is 5.73 Å². The van der Waals surface area contributed by atoms with Crippen LogP contribution in [0.2, 0.25) is 0 Å². The van der Waals surface area contributed by atoms with E-state index in [-0.39, 0.29) is 5.54 Å².